The highest BCUT2D eigenvalue weighted by molar-refractivity contribution is 5.79. The van der Waals surface area contributed by atoms with Gasteiger partial charge >= 0.3 is 11.9 Å². The number of carbonyl (C=O) groups excluding carboxylic acids is 2. The summed E-state index contributed by atoms with van der Waals surface area (Å²) in [6, 6.07) is 7.00. The van der Waals surface area contributed by atoms with E-state index in [1.54, 1.807) is 18.2 Å². The minimum absolute atomic E-state index is 0.00925. The Kier molecular flexibility index (Phi) is 10.4. The normalized spacial score (nSPS) is 10.6. The number of benzene rings is 1. The summed E-state index contributed by atoms with van der Waals surface area (Å²) in [6.07, 6.45) is 5.50. The van der Waals surface area contributed by atoms with Crippen molar-refractivity contribution in [3.8, 4) is 11.5 Å². The van der Waals surface area contributed by atoms with Gasteiger partial charge in [-0.3, -0.25) is 9.59 Å². The van der Waals surface area contributed by atoms with E-state index in [0.29, 0.717) is 18.1 Å². The van der Waals surface area contributed by atoms with Gasteiger partial charge < -0.3 is 14.2 Å². The lowest BCUT2D eigenvalue weighted by atomic mass is 10.2. The summed E-state index contributed by atoms with van der Waals surface area (Å²) in [5.41, 5.74) is 0. The van der Waals surface area contributed by atoms with Crippen LogP contribution in [0.3, 0.4) is 0 Å². The van der Waals surface area contributed by atoms with Gasteiger partial charge in [0.2, 0.25) is 0 Å². The molecule has 0 heterocycles. The van der Waals surface area contributed by atoms with Crippen LogP contribution in [-0.2, 0) is 14.3 Å². The molecule has 0 aromatic heterocycles. The van der Waals surface area contributed by atoms with E-state index in [1.165, 1.54) is 12.8 Å². The van der Waals surface area contributed by atoms with Crippen LogP contribution in [0.5, 0.6) is 11.5 Å². The average Bonchev–Trinajstić information content (AvgIpc) is 2.57. The molecule has 5 heteroatoms. The average molecular weight is 350 g/mol. The zero-order valence-corrected chi connectivity index (χ0v) is 15.6. The van der Waals surface area contributed by atoms with Crippen molar-refractivity contribution in [1.82, 2.24) is 0 Å². The van der Waals surface area contributed by atoms with E-state index >= 15 is 0 Å². The summed E-state index contributed by atoms with van der Waals surface area (Å²) in [7, 11) is 0. The van der Waals surface area contributed by atoms with Gasteiger partial charge in [-0.1, -0.05) is 44.7 Å². The lowest BCUT2D eigenvalue weighted by molar-refractivity contribution is -0.147. The number of carbonyl (C=O) groups is 2. The van der Waals surface area contributed by atoms with E-state index in [2.05, 4.69) is 6.92 Å². The number of unbranched alkanes of at least 4 members (excludes halogenated alkanes) is 4. The Bertz CT molecular complexity index is 525. The number of esters is 2. The van der Waals surface area contributed by atoms with Crippen LogP contribution in [-0.4, -0.2) is 24.6 Å². The van der Waals surface area contributed by atoms with Crippen molar-refractivity contribution in [3.63, 3.8) is 0 Å². The van der Waals surface area contributed by atoms with Crippen LogP contribution >= 0.6 is 0 Å². The van der Waals surface area contributed by atoms with E-state index in [4.69, 9.17) is 14.2 Å². The molecule has 0 bridgehead atoms. The number of para-hydroxylation sites is 2. The van der Waals surface area contributed by atoms with Crippen LogP contribution in [0.1, 0.15) is 65.7 Å². The molecule has 0 fully saturated rings. The first kappa shape index (κ1) is 21.0. The van der Waals surface area contributed by atoms with Gasteiger partial charge in [-0.25, -0.2) is 0 Å². The van der Waals surface area contributed by atoms with Crippen LogP contribution in [0, 0.1) is 0 Å². The van der Waals surface area contributed by atoms with Crippen LogP contribution in [0.15, 0.2) is 24.3 Å². The predicted molar refractivity (Wildman–Crippen MR) is 96.8 cm³/mol. The van der Waals surface area contributed by atoms with Gasteiger partial charge in [-0.15, -0.1) is 0 Å². The molecule has 0 unspecified atom stereocenters. The fourth-order valence-electron chi connectivity index (χ4n) is 2.23. The number of rotatable bonds is 12. The van der Waals surface area contributed by atoms with Crippen molar-refractivity contribution in [3.05, 3.63) is 24.3 Å². The molecule has 25 heavy (non-hydrogen) atoms. The highest BCUT2D eigenvalue weighted by Crippen LogP contribution is 2.27. The lowest BCUT2D eigenvalue weighted by Crippen LogP contribution is -2.14. The van der Waals surface area contributed by atoms with Crippen LogP contribution in [0.25, 0.3) is 0 Å². The molecular weight excluding hydrogens is 320 g/mol. The maximum atomic E-state index is 11.9. The SMILES string of the molecule is CCCCCCCOC(=O)CCC(=O)Oc1ccccc1OC(C)C. The third-order valence-corrected chi connectivity index (χ3v) is 3.48. The second kappa shape index (κ2) is 12.3. The van der Waals surface area contributed by atoms with Gasteiger partial charge in [0.15, 0.2) is 11.5 Å². The molecule has 0 N–H and O–H groups in total. The summed E-state index contributed by atoms with van der Waals surface area (Å²) in [5, 5.41) is 0. The van der Waals surface area contributed by atoms with E-state index < -0.39 is 5.97 Å². The molecule has 0 amide bonds. The molecular formula is C20H30O5. The monoisotopic (exact) mass is 350 g/mol. The predicted octanol–water partition coefficient (Wildman–Crippen LogP) is 4.67. The Morgan fingerprint density at radius 1 is 0.920 bits per heavy atom. The van der Waals surface area contributed by atoms with Crippen LogP contribution < -0.4 is 9.47 Å². The van der Waals surface area contributed by atoms with E-state index in [1.807, 2.05) is 19.9 Å². The second-order valence-corrected chi connectivity index (χ2v) is 6.22. The Balaban J connectivity index is 2.27. The molecule has 1 rings (SSSR count). The Morgan fingerprint density at radius 2 is 1.56 bits per heavy atom. The van der Waals surface area contributed by atoms with Crippen molar-refractivity contribution in [2.24, 2.45) is 0 Å². The standard InChI is InChI=1S/C20H30O5/c1-4-5-6-7-10-15-23-19(21)13-14-20(22)25-18-12-9-8-11-17(18)24-16(2)3/h8-9,11-12,16H,4-7,10,13-15H2,1-3H3. The first-order valence-electron chi connectivity index (χ1n) is 9.15. The molecule has 5 nitrogen and oxygen atoms in total. The lowest BCUT2D eigenvalue weighted by Gasteiger charge is -2.13. The van der Waals surface area contributed by atoms with Crippen molar-refractivity contribution >= 4 is 11.9 Å². The Hall–Kier alpha value is -2.04. The molecule has 0 saturated carbocycles. The summed E-state index contributed by atoms with van der Waals surface area (Å²) < 4.78 is 16.0. The molecule has 1 aromatic rings. The molecule has 1 aromatic carbocycles. The van der Waals surface area contributed by atoms with Crippen LogP contribution in [0.2, 0.25) is 0 Å². The maximum absolute atomic E-state index is 11.9. The van der Waals surface area contributed by atoms with Gasteiger partial charge in [0.1, 0.15) is 0 Å². The minimum atomic E-state index is -0.472. The zero-order chi connectivity index (χ0) is 18.5. The van der Waals surface area contributed by atoms with E-state index in [9.17, 15) is 9.59 Å². The van der Waals surface area contributed by atoms with E-state index in [0.717, 1.165) is 19.3 Å². The van der Waals surface area contributed by atoms with Crippen LogP contribution in [0.4, 0.5) is 0 Å². The van der Waals surface area contributed by atoms with Crippen molar-refractivity contribution in [1.29, 1.82) is 0 Å². The number of hydrogen-bond donors (Lipinski definition) is 0. The van der Waals surface area contributed by atoms with Gasteiger partial charge in [-0.2, -0.15) is 0 Å². The summed E-state index contributed by atoms with van der Waals surface area (Å²) in [6.45, 7) is 6.38. The molecule has 0 aliphatic rings. The molecule has 0 aliphatic carbocycles. The fraction of sp³-hybridized carbons (Fsp3) is 0.600. The molecule has 0 radical (unpaired) electrons. The van der Waals surface area contributed by atoms with Gasteiger partial charge in [0.05, 0.1) is 25.6 Å². The first-order valence-corrected chi connectivity index (χ1v) is 9.15. The van der Waals surface area contributed by atoms with Crippen molar-refractivity contribution in [2.45, 2.75) is 71.8 Å². The first-order chi connectivity index (χ1) is 12.0. The number of hydrogen-bond acceptors (Lipinski definition) is 5. The molecule has 140 valence electrons. The van der Waals surface area contributed by atoms with Crippen molar-refractivity contribution in [2.75, 3.05) is 6.61 Å². The topological polar surface area (TPSA) is 61.8 Å². The summed E-state index contributed by atoms with van der Waals surface area (Å²) >= 11 is 0. The minimum Gasteiger partial charge on any atom is -0.487 e. The molecule has 0 spiro atoms. The Morgan fingerprint density at radius 3 is 2.24 bits per heavy atom. The maximum Gasteiger partial charge on any atom is 0.311 e. The smallest absolute Gasteiger partial charge is 0.311 e. The third kappa shape index (κ3) is 9.75. The van der Waals surface area contributed by atoms with Gasteiger partial charge in [-0.05, 0) is 32.4 Å². The quantitative estimate of drug-likeness (QED) is 0.311. The number of ether oxygens (including phenoxy) is 3. The van der Waals surface area contributed by atoms with Gasteiger partial charge in [0.25, 0.3) is 0 Å². The largest absolute Gasteiger partial charge is 0.487 e. The zero-order valence-electron chi connectivity index (χ0n) is 15.6. The fourth-order valence-corrected chi connectivity index (χ4v) is 2.23. The summed E-state index contributed by atoms with van der Waals surface area (Å²) in [4.78, 5) is 23.6. The summed E-state index contributed by atoms with van der Waals surface area (Å²) in [5.74, 6) is 0.0462. The third-order valence-electron chi connectivity index (χ3n) is 3.48. The highest BCUT2D eigenvalue weighted by atomic mass is 16.6. The van der Waals surface area contributed by atoms with Crippen molar-refractivity contribution < 1.29 is 23.8 Å². The molecule has 0 atom stereocenters. The molecule has 0 aliphatic heterocycles. The van der Waals surface area contributed by atoms with E-state index in [-0.39, 0.29) is 24.9 Å². The van der Waals surface area contributed by atoms with Gasteiger partial charge in [0, 0.05) is 0 Å². The highest BCUT2D eigenvalue weighted by Gasteiger charge is 2.13. The molecule has 0 saturated heterocycles. The Labute approximate surface area is 150 Å². The second-order valence-electron chi connectivity index (χ2n) is 6.22.